The first-order chi connectivity index (χ1) is 9.19. The molecule has 0 spiro atoms. The number of nitrogens with zero attached hydrogens (tertiary/aromatic N) is 3. The van der Waals surface area contributed by atoms with Crippen LogP contribution in [0.5, 0.6) is 5.75 Å². The molecule has 0 amide bonds. The molecule has 5 nitrogen and oxygen atoms in total. The van der Waals surface area contributed by atoms with Crippen molar-refractivity contribution in [3.05, 3.63) is 41.5 Å². The zero-order valence-corrected chi connectivity index (χ0v) is 11.0. The lowest BCUT2D eigenvalue weighted by atomic mass is 10.1. The van der Waals surface area contributed by atoms with Gasteiger partial charge in [0.15, 0.2) is 12.4 Å². The molecule has 2 aromatic rings. The zero-order valence-electron chi connectivity index (χ0n) is 11.0. The molecule has 0 N–H and O–H groups in total. The van der Waals surface area contributed by atoms with Gasteiger partial charge in [-0.1, -0.05) is 31.1 Å². The maximum absolute atomic E-state index is 8.94. The highest BCUT2D eigenvalue weighted by molar-refractivity contribution is 5.42. The summed E-state index contributed by atoms with van der Waals surface area (Å²) in [6.45, 7) is 4.36. The first-order valence-corrected chi connectivity index (χ1v) is 6.12. The summed E-state index contributed by atoms with van der Waals surface area (Å²) in [7, 11) is 0. The number of para-hydroxylation sites is 1. The van der Waals surface area contributed by atoms with Crippen molar-refractivity contribution in [3.63, 3.8) is 0 Å². The third-order valence-corrected chi connectivity index (χ3v) is 2.46. The van der Waals surface area contributed by atoms with Crippen molar-refractivity contribution in [1.29, 1.82) is 5.26 Å². The van der Waals surface area contributed by atoms with E-state index in [0.29, 0.717) is 28.9 Å². The van der Waals surface area contributed by atoms with Crippen LogP contribution in [0.3, 0.4) is 0 Å². The first kappa shape index (κ1) is 13.1. The second-order valence-corrected chi connectivity index (χ2v) is 4.60. The molecule has 2 rings (SSSR count). The molecule has 1 aromatic carbocycles. The summed E-state index contributed by atoms with van der Waals surface area (Å²) in [5.41, 5.74) is 0.490. The Bertz CT molecular complexity index is 584. The van der Waals surface area contributed by atoms with Gasteiger partial charge in [-0.2, -0.15) is 10.2 Å². The molecule has 0 bridgehead atoms. The third kappa shape index (κ3) is 3.55. The first-order valence-electron chi connectivity index (χ1n) is 6.12. The van der Waals surface area contributed by atoms with Gasteiger partial charge in [0, 0.05) is 6.42 Å². The zero-order chi connectivity index (χ0) is 13.7. The molecule has 0 saturated carbocycles. The Balaban J connectivity index is 1.99. The molecule has 1 heterocycles. The van der Waals surface area contributed by atoms with Gasteiger partial charge in [0.1, 0.15) is 11.8 Å². The van der Waals surface area contributed by atoms with Crippen molar-refractivity contribution in [3.8, 4) is 11.8 Å². The van der Waals surface area contributed by atoms with E-state index in [9.17, 15) is 0 Å². The Morgan fingerprint density at radius 1 is 1.37 bits per heavy atom. The number of hydrogen-bond donors (Lipinski definition) is 0. The van der Waals surface area contributed by atoms with Gasteiger partial charge in [0.2, 0.25) is 0 Å². The van der Waals surface area contributed by atoms with E-state index in [1.54, 1.807) is 18.2 Å². The SMILES string of the molecule is CC(C)Cc1noc(COc2ccccc2C#N)n1. The van der Waals surface area contributed by atoms with Crippen LogP contribution < -0.4 is 4.74 Å². The summed E-state index contributed by atoms with van der Waals surface area (Å²) in [6, 6.07) is 9.12. The van der Waals surface area contributed by atoms with Gasteiger partial charge in [0.25, 0.3) is 5.89 Å². The Kier molecular flexibility index (Phi) is 4.14. The summed E-state index contributed by atoms with van der Waals surface area (Å²) < 4.78 is 10.6. The molecular weight excluding hydrogens is 242 g/mol. The van der Waals surface area contributed by atoms with E-state index in [4.69, 9.17) is 14.5 Å². The van der Waals surface area contributed by atoms with Gasteiger partial charge in [-0.05, 0) is 18.1 Å². The Hall–Kier alpha value is -2.35. The van der Waals surface area contributed by atoms with Crippen molar-refractivity contribution in [2.24, 2.45) is 5.92 Å². The molecule has 0 unspecified atom stereocenters. The van der Waals surface area contributed by atoms with Crippen LogP contribution in [0.1, 0.15) is 31.1 Å². The van der Waals surface area contributed by atoms with Crippen molar-refractivity contribution >= 4 is 0 Å². The van der Waals surface area contributed by atoms with Crippen LogP contribution in [0.4, 0.5) is 0 Å². The molecule has 0 saturated heterocycles. The Morgan fingerprint density at radius 2 is 2.16 bits per heavy atom. The number of nitriles is 1. The second kappa shape index (κ2) is 6.01. The van der Waals surface area contributed by atoms with E-state index in [1.165, 1.54) is 0 Å². The smallest absolute Gasteiger partial charge is 0.264 e. The molecule has 0 aliphatic rings. The number of ether oxygens (including phenoxy) is 1. The highest BCUT2D eigenvalue weighted by Crippen LogP contribution is 2.17. The number of benzene rings is 1. The molecule has 0 atom stereocenters. The normalized spacial score (nSPS) is 10.4. The third-order valence-electron chi connectivity index (χ3n) is 2.46. The molecule has 0 aliphatic heterocycles. The Labute approximate surface area is 111 Å². The predicted octanol–water partition coefficient (Wildman–Crippen LogP) is 2.72. The Morgan fingerprint density at radius 3 is 2.89 bits per heavy atom. The fourth-order valence-corrected chi connectivity index (χ4v) is 1.62. The van der Waals surface area contributed by atoms with E-state index in [1.807, 2.05) is 6.07 Å². The van der Waals surface area contributed by atoms with Crippen LogP contribution in [-0.2, 0) is 13.0 Å². The molecule has 5 heteroatoms. The van der Waals surface area contributed by atoms with Gasteiger partial charge >= 0.3 is 0 Å². The van der Waals surface area contributed by atoms with Gasteiger partial charge < -0.3 is 9.26 Å². The average molecular weight is 257 g/mol. The molecule has 19 heavy (non-hydrogen) atoms. The topological polar surface area (TPSA) is 71.9 Å². The summed E-state index contributed by atoms with van der Waals surface area (Å²) in [6.07, 6.45) is 0.776. The molecule has 98 valence electrons. The van der Waals surface area contributed by atoms with Crippen LogP contribution in [0.25, 0.3) is 0 Å². The van der Waals surface area contributed by atoms with E-state index in [2.05, 4.69) is 30.1 Å². The lowest BCUT2D eigenvalue weighted by Crippen LogP contribution is -1.99. The van der Waals surface area contributed by atoms with Gasteiger partial charge in [0.05, 0.1) is 5.56 Å². The van der Waals surface area contributed by atoms with Crippen molar-refractivity contribution in [1.82, 2.24) is 10.1 Å². The quantitative estimate of drug-likeness (QED) is 0.823. The second-order valence-electron chi connectivity index (χ2n) is 4.60. The van der Waals surface area contributed by atoms with E-state index in [0.717, 1.165) is 6.42 Å². The average Bonchev–Trinajstić information content (AvgIpc) is 2.83. The monoisotopic (exact) mass is 257 g/mol. The maximum Gasteiger partial charge on any atom is 0.264 e. The van der Waals surface area contributed by atoms with Crippen molar-refractivity contribution in [2.75, 3.05) is 0 Å². The van der Waals surface area contributed by atoms with Crippen LogP contribution in [0.15, 0.2) is 28.8 Å². The van der Waals surface area contributed by atoms with Gasteiger partial charge in [-0.3, -0.25) is 0 Å². The highest BCUT2D eigenvalue weighted by Gasteiger charge is 2.09. The largest absolute Gasteiger partial charge is 0.482 e. The number of aromatic nitrogens is 2. The van der Waals surface area contributed by atoms with Crippen LogP contribution >= 0.6 is 0 Å². The minimum Gasteiger partial charge on any atom is -0.482 e. The minimum absolute atomic E-state index is 0.170. The molecule has 1 aromatic heterocycles. The summed E-state index contributed by atoms with van der Waals surface area (Å²) in [4.78, 5) is 4.24. The predicted molar refractivity (Wildman–Crippen MR) is 68.3 cm³/mol. The molecule has 0 aliphatic carbocycles. The minimum atomic E-state index is 0.170. The van der Waals surface area contributed by atoms with Gasteiger partial charge in [-0.25, -0.2) is 0 Å². The van der Waals surface area contributed by atoms with E-state index in [-0.39, 0.29) is 6.61 Å². The highest BCUT2D eigenvalue weighted by atomic mass is 16.5. The fraction of sp³-hybridized carbons (Fsp3) is 0.357. The lowest BCUT2D eigenvalue weighted by Gasteiger charge is -2.04. The standard InChI is InChI=1S/C14H15N3O2/c1-10(2)7-13-16-14(19-17-13)9-18-12-6-4-3-5-11(12)8-15/h3-6,10H,7,9H2,1-2H3. The van der Waals surface area contributed by atoms with E-state index < -0.39 is 0 Å². The molecular formula is C14H15N3O2. The number of rotatable bonds is 5. The van der Waals surface area contributed by atoms with Crippen molar-refractivity contribution in [2.45, 2.75) is 26.9 Å². The lowest BCUT2D eigenvalue weighted by molar-refractivity contribution is 0.242. The van der Waals surface area contributed by atoms with Crippen LogP contribution in [-0.4, -0.2) is 10.1 Å². The summed E-state index contributed by atoms with van der Waals surface area (Å²) >= 11 is 0. The summed E-state index contributed by atoms with van der Waals surface area (Å²) in [5.74, 6) is 2.10. The van der Waals surface area contributed by atoms with Crippen molar-refractivity contribution < 1.29 is 9.26 Å². The van der Waals surface area contributed by atoms with Gasteiger partial charge in [-0.15, -0.1) is 0 Å². The fourth-order valence-electron chi connectivity index (χ4n) is 1.62. The van der Waals surface area contributed by atoms with Crippen LogP contribution in [0, 0.1) is 17.2 Å². The molecule has 0 radical (unpaired) electrons. The maximum atomic E-state index is 8.94. The van der Waals surface area contributed by atoms with E-state index >= 15 is 0 Å². The number of hydrogen-bond acceptors (Lipinski definition) is 5. The summed E-state index contributed by atoms with van der Waals surface area (Å²) in [5, 5.41) is 12.8. The molecule has 0 fully saturated rings. The van der Waals surface area contributed by atoms with Crippen LogP contribution in [0.2, 0.25) is 0 Å².